The van der Waals surface area contributed by atoms with Crippen LogP contribution in [0.4, 0.5) is 0 Å². The van der Waals surface area contributed by atoms with Gasteiger partial charge in [-0.25, -0.2) is 0 Å². The molecule has 3 rings (SSSR count). The molecule has 0 spiro atoms. The summed E-state index contributed by atoms with van der Waals surface area (Å²) in [4.78, 5) is 27.0. The Balaban J connectivity index is 0.00000225. The Bertz CT molecular complexity index is 681. The van der Waals surface area contributed by atoms with Crippen molar-refractivity contribution in [2.75, 3.05) is 26.2 Å². The number of thiophene rings is 1. The van der Waals surface area contributed by atoms with E-state index in [0.717, 1.165) is 38.2 Å². The van der Waals surface area contributed by atoms with Gasteiger partial charge in [-0.05, 0) is 42.1 Å². The Labute approximate surface area is 157 Å². The number of hydrogen-bond donors (Lipinski definition) is 2. The number of halogens is 1. The fourth-order valence-electron chi connectivity index (χ4n) is 2.67. The van der Waals surface area contributed by atoms with Gasteiger partial charge < -0.3 is 15.5 Å². The van der Waals surface area contributed by atoms with E-state index in [0.29, 0.717) is 17.0 Å². The van der Waals surface area contributed by atoms with E-state index < -0.39 is 0 Å². The predicted molar refractivity (Wildman–Crippen MR) is 103 cm³/mol. The number of rotatable bonds is 4. The van der Waals surface area contributed by atoms with Gasteiger partial charge in [-0.15, -0.1) is 23.7 Å². The maximum Gasteiger partial charge on any atom is 0.261 e. The highest BCUT2D eigenvalue weighted by Crippen LogP contribution is 2.11. The van der Waals surface area contributed by atoms with Gasteiger partial charge in [0, 0.05) is 31.7 Å². The van der Waals surface area contributed by atoms with Crippen LogP contribution in [0, 0.1) is 0 Å². The second kappa shape index (κ2) is 9.56. The summed E-state index contributed by atoms with van der Waals surface area (Å²) in [6.45, 7) is 3.81. The molecule has 0 bridgehead atoms. The van der Waals surface area contributed by atoms with Crippen molar-refractivity contribution in [2.24, 2.45) is 0 Å². The minimum atomic E-state index is -0.0674. The molecule has 134 valence electrons. The van der Waals surface area contributed by atoms with Gasteiger partial charge in [0.15, 0.2) is 0 Å². The van der Waals surface area contributed by atoms with Crippen molar-refractivity contribution in [3.05, 3.63) is 57.8 Å². The van der Waals surface area contributed by atoms with Crippen molar-refractivity contribution < 1.29 is 9.59 Å². The Morgan fingerprint density at radius 1 is 1.12 bits per heavy atom. The molecule has 1 aliphatic heterocycles. The van der Waals surface area contributed by atoms with Crippen LogP contribution in [-0.4, -0.2) is 42.9 Å². The molecule has 2 heterocycles. The molecular formula is C18H22ClN3O2S. The average molecular weight is 380 g/mol. The van der Waals surface area contributed by atoms with E-state index in [-0.39, 0.29) is 24.2 Å². The number of benzene rings is 1. The highest BCUT2D eigenvalue weighted by atomic mass is 35.5. The molecular weight excluding hydrogens is 358 g/mol. The van der Waals surface area contributed by atoms with E-state index >= 15 is 0 Å². The summed E-state index contributed by atoms with van der Waals surface area (Å²) in [6.07, 6.45) is 0.985. The smallest absolute Gasteiger partial charge is 0.261 e. The van der Waals surface area contributed by atoms with Crippen LogP contribution in [0.2, 0.25) is 0 Å². The van der Waals surface area contributed by atoms with Crippen LogP contribution in [-0.2, 0) is 6.54 Å². The van der Waals surface area contributed by atoms with Crippen molar-refractivity contribution in [2.45, 2.75) is 13.0 Å². The fraction of sp³-hybridized carbons (Fsp3) is 0.333. The van der Waals surface area contributed by atoms with Gasteiger partial charge in [0.05, 0.1) is 4.88 Å². The Hall–Kier alpha value is -1.89. The molecule has 7 heteroatoms. The van der Waals surface area contributed by atoms with Crippen LogP contribution in [0.3, 0.4) is 0 Å². The largest absolute Gasteiger partial charge is 0.347 e. The van der Waals surface area contributed by atoms with E-state index in [9.17, 15) is 9.59 Å². The molecule has 2 N–H and O–H groups in total. The van der Waals surface area contributed by atoms with Crippen LogP contribution in [0.15, 0.2) is 41.8 Å². The number of carbonyl (C=O) groups is 2. The second-order valence-corrected chi connectivity index (χ2v) is 6.70. The molecule has 2 amide bonds. The van der Waals surface area contributed by atoms with Gasteiger partial charge in [-0.2, -0.15) is 0 Å². The van der Waals surface area contributed by atoms with Crippen molar-refractivity contribution in [1.29, 1.82) is 0 Å². The molecule has 0 radical (unpaired) electrons. The summed E-state index contributed by atoms with van der Waals surface area (Å²) in [6, 6.07) is 11.1. The predicted octanol–water partition coefficient (Wildman–Crippen LogP) is 2.54. The Kier molecular flexibility index (Phi) is 7.43. The fourth-order valence-corrected chi connectivity index (χ4v) is 3.31. The zero-order valence-electron chi connectivity index (χ0n) is 13.9. The first-order valence-electron chi connectivity index (χ1n) is 8.15. The number of carbonyl (C=O) groups excluding carboxylic acids is 2. The third kappa shape index (κ3) is 5.29. The maximum absolute atomic E-state index is 12.5. The van der Waals surface area contributed by atoms with Gasteiger partial charge in [-0.1, -0.05) is 18.2 Å². The third-order valence-corrected chi connectivity index (χ3v) is 4.89. The summed E-state index contributed by atoms with van der Waals surface area (Å²) in [7, 11) is 0. The molecule has 2 aromatic rings. The minimum Gasteiger partial charge on any atom is -0.347 e. The van der Waals surface area contributed by atoms with Gasteiger partial charge >= 0.3 is 0 Å². The summed E-state index contributed by atoms with van der Waals surface area (Å²) in [5.74, 6) is 0.00934. The molecule has 1 aromatic carbocycles. The van der Waals surface area contributed by atoms with Crippen LogP contribution in [0.5, 0.6) is 0 Å². The average Bonchev–Trinajstić information content (AvgIpc) is 3.02. The lowest BCUT2D eigenvalue weighted by Gasteiger charge is -2.20. The van der Waals surface area contributed by atoms with E-state index in [1.807, 2.05) is 40.6 Å². The number of amides is 2. The number of nitrogens with one attached hydrogen (secondary N) is 2. The first-order valence-corrected chi connectivity index (χ1v) is 9.02. The van der Waals surface area contributed by atoms with Gasteiger partial charge in [0.2, 0.25) is 0 Å². The van der Waals surface area contributed by atoms with Gasteiger partial charge in [0.25, 0.3) is 11.8 Å². The van der Waals surface area contributed by atoms with Crippen LogP contribution >= 0.6 is 23.7 Å². The SMILES string of the molecule is Cl.O=C(NCc1ccc(C(=O)N2CCCNCC2)cc1)c1cccs1. The van der Waals surface area contributed by atoms with Crippen molar-refractivity contribution in [3.63, 3.8) is 0 Å². The molecule has 5 nitrogen and oxygen atoms in total. The van der Waals surface area contributed by atoms with E-state index in [1.165, 1.54) is 11.3 Å². The summed E-state index contributed by atoms with van der Waals surface area (Å²) in [5, 5.41) is 8.07. The highest BCUT2D eigenvalue weighted by molar-refractivity contribution is 7.12. The zero-order valence-corrected chi connectivity index (χ0v) is 15.5. The molecule has 1 aliphatic rings. The summed E-state index contributed by atoms with van der Waals surface area (Å²) < 4.78 is 0. The molecule has 0 unspecified atom stereocenters. The zero-order chi connectivity index (χ0) is 16.8. The van der Waals surface area contributed by atoms with E-state index in [1.54, 1.807) is 6.07 Å². The monoisotopic (exact) mass is 379 g/mol. The van der Waals surface area contributed by atoms with Crippen LogP contribution < -0.4 is 10.6 Å². The lowest BCUT2D eigenvalue weighted by molar-refractivity contribution is 0.0766. The third-order valence-electron chi connectivity index (χ3n) is 4.03. The molecule has 25 heavy (non-hydrogen) atoms. The topological polar surface area (TPSA) is 61.4 Å². The van der Waals surface area contributed by atoms with E-state index in [2.05, 4.69) is 10.6 Å². The number of nitrogens with zero attached hydrogens (tertiary/aromatic N) is 1. The van der Waals surface area contributed by atoms with Crippen molar-refractivity contribution >= 4 is 35.6 Å². The molecule has 0 atom stereocenters. The lowest BCUT2D eigenvalue weighted by atomic mass is 10.1. The Morgan fingerprint density at radius 2 is 1.92 bits per heavy atom. The standard InChI is InChI=1S/C18H21N3O2S.ClH/c22-17(16-3-1-12-24-16)20-13-14-4-6-15(7-5-14)18(23)21-10-2-8-19-9-11-21;/h1,3-7,12,19H,2,8-11,13H2,(H,20,22);1H. The Morgan fingerprint density at radius 3 is 2.64 bits per heavy atom. The first-order chi connectivity index (χ1) is 11.7. The van der Waals surface area contributed by atoms with E-state index in [4.69, 9.17) is 0 Å². The number of hydrogen-bond acceptors (Lipinski definition) is 4. The highest BCUT2D eigenvalue weighted by Gasteiger charge is 2.16. The minimum absolute atomic E-state index is 0. The molecule has 1 fully saturated rings. The van der Waals surface area contributed by atoms with Gasteiger partial charge in [0.1, 0.15) is 0 Å². The quantitative estimate of drug-likeness (QED) is 0.858. The lowest BCUT2D eigenvalue weighted by Crippen LogP contribution is -2.34. The van der Waals surface area contributed by atoms with Crippen LogP contribution in [0.1, 0.15) is 32.0 Å². The second-order valence-electron chi connectivity index (χ2n) is 5.75. The van der Waals surface area contributed by atoms with Crippen LogP contribution in [0.25, 0.3) is 0 Å². The summed E-state index contributed by atoms with van der Waals surface area (Å²) >= 11 is 1.42. The first kappa shape index (κ1) is 19.4. The molecule has 1 saturated heterocycles. The summed E-state index contributed by atoms with van der Waals surface area (Å²) in [5.41, 5.74) is 1.68. The molecule has 0 saturated carbocycles. The van der Waals surface area contributed by atoms with Crippen molar-refractivity contribution in [3.8, 4) is 0 Å². The molecule has 1 aromatic heterocycles. The normalized spacial score (nSPS) is 14.3. The van der Waals surface area contributed by atoms with Gasteiger partial charge in [-0.3, -0.25) is 9.59 Å². The maximum atomic E-state index is 12.5. The van der Waals surface area contributed by atoms with Crippen molar-refractivity contribution in [1.82, 2.24) is 15.5 Å². The molecule has 0 aliphatic carbocycles.